The Morgan fingerprint density at radius 3 is 2.77 bits per heavy atom. The molecule has 3 aromatic rings. The fraction of sp³-hybridized carbons (Fsp3) is 0.364. The SMILES string of the molecule is CC[C@@H](C)NC(=O)[C@H]1CCCN1S(=O)(=O)c1ccc2nc(-c3ccccc3)[nH]c2c1. The number of amides is 1. The highest BCUT2D eigenvalue weighted by Crippen LogP contribution is 2.29. The molecule has 0 bridgehead atoms. The minimum atomic E-state index is -3.80. The number of nitrogens with zero attached hydrogens (tertiary/aromatic N) is 2. The van der Waals surface area contributed by atoms with Crippen LogP contribution in [0.15, 0.2) is 53.4 Å². The molecule has 2 heterocycles. The Kier molecular flexibility index (Phi) is 5.62. The molecule has 0 unspecified atom stereocenters. The third-order valence-electron chi connectivity index (χ3n) is 5.61. The second-order valence-electron chi connectivity index (χ2n) is 7.72. The molecular weight excluding hydrogens is 400 g/mol. The Morgan fingerprint density at radius 1 is 1.27 bits per heavy atom. The highest BCUT2D eigenvalue weighted by atomic mass is 32.2. The summed E-state index contributed by atoms with van der Waals surface area (Å²) >= 11 is 0. The van der Waals surface area contributed by atoms with Gasteiger partial charge in [-0.1, -0.05) is 37.3 Å². The standard InChI is InChI=1S/C22H26N4O3S/c1-3-15(2)23-22(27)20-10-7-13-26(20)30(28,29)17-11-12-18-19(14-17)25-21(24-18)16-8-5-4-6-9-16/h4-6,8-9,11-12,14-15,20H,3,7,10,13H2,1-2H3,(H,23,27)(H,24,25)/t15-,20-/m1/s1. The molecule has 0 radical (unpaired) electrons. The first-order valence-corrected chi connectivity index (χ1v) is 11.7. The number of rotatable bonds is 6. The van der Waals surface area contributed by atoms with Crippen LogP contribution in [0.4, 0.5) is 0 Å². The van der Waals surface area contributed by atoms with Gasteiger partial charge in [-0.2, -0.15) is 4.31 Å². The minimum absolute atomic E-state index is 0.0143. The normalized spacial score (nSPS) is 18.5. The van der Waals surface area contributed by atoms with Crippen LogP contribution in [0.2, 0.25) is 0 Å². The number of imidazole rings is 1. The van der Waals surface area contributed by atoms with E-state index in [1.165, 1.54) is 4.31 Å². The van der Waals surface area contributed by atoms with Crippen LogP contribution in [0.3, 0.4) is 0 Å². The van der Waals surface area contributed by atoms with Crippen molar-refractivity contribution in [1.29, 1.82) is 0 Å². The minimum Gasteiger partial charge on any atom is -0.352 e. The lowest BCUT2D eigenvalue weighted by Gasteiger charge is -2.24. The molecule has 1 aromatic heterocycles. The van der Waals surface area contributed by atoms with Crippen LogP contribution >= 0.6 is 0 Å². The van der Waals surface area contributed by atoms with Gasteiger partial charge >= 0.3 is 0 Å². The van der Waals surface area contributed by atoms with E-state index in [0.29, 0.717) is 36.2 Å². The number of nitrogens with one attached hydrogen (secondary N) is 2. The zero-order valence-corrected chi connectivity index (χ0v) is 17.9. The van der Waals surface area contributed by atoms with Gasteiger partial charge in [-0.25, -0.2) is 13.4 Å². The Bertz CT molecular complexity index is 1160. The van der Waals surface area contributed by atoms with Gasteiger partial charge in [-0.3, -0.25) is 4.79 Å². The van der Waals surface area contributed by atoms with Crippen molar-refractivity contribution in [3.8, 4) is 11.4 Å². The molecule has 1 aliphatic rings. The van der Waals surface area contributed by atoms with Crippen molar-refractivity contribution in [2.45, 2.75) is 50.1 Å². The molecule has 1 saturated heterocycles. The first kappa shape index (κ1) is 20.6. The number of aromatic amines is 1. The van der Waals surface area contributed by atoms with Gasteiger partial charge in [0.25, 0.3) is 0 Å². The molecule has 2 aromatic carbocycles. The van der Waals surface area contributed by atoms with E-state index in [2.05, 4.69) is 15.3 Å². The summed E-state index contributed by atoms with van der Waals surface area (Å²) in [5.41, 5.74) is 2.27. The number of hydrogen-bond donors (Lipinski definition) is 2. The average Bonchev–Trinajstić information content (AvgIpc) is 3.41. The monoisotopic (exact) mass is 426 g/mol. The average molecular weight is 427 g/mol. The summed E-state index contributed by atoms with van der Waals surface area (Å²) in [6.07, 6.45) is 2.00. The van der Waals surface area contributed by atoms with E-state index in [4.69, 9.17) is 0 Å². The van der Waals surface area contributed by atoms with Crippen molar-refractivity contribution in [2.24, 2.45) is 0 Å². The number of benzene rings is 2. The van der Waals surface area contributed by atoms with Crippen LogP contribution in [0, 0.1) is 0 Å². The highest BCUT2D eigenvalue weighted by Gasteiger charge is 2.39. The van der Waals surface area contributed by atoms with Crippen LogP contribution in [0.25, 0.3) is 22.4 Å². The van der Waals surface area contributed by atoms with Gasteiger partial charge in [0, 0.05) is 18.2 Å². The molecule has 2 N–H and O–H groups in total. The Hall–Kier alpha value is -2.71. The molecule has 8 heteroatoms. The predicted molar refractivity (Wildman–Crippen MR) is 116 cm³/mol. The highest BCUT2D eigenvalue weighted by molar-refractivity contribution is 7.89. The Morgan fingerprint density at radius 2 is 2.03 bits per heavy atom. The maximum Gasteiger partial charge on any atom is 0.243 e. The van der Waals surface area contributed by atoms with Crippen molar-refractivity contribution in [1.82, 2.24) is 19.6 Å². The van der Waals surface area contributed by atoms with Crippen LogP contribution in [-0.2, 0) is 14.8 Å². The van der Waals surface area contributed by atoms with Gasteiger partial charge in [-0.15, -0.1) is 0 Å². The van der Waals surface area contributed by atoms with E-state index in [0.717, 1.165) is 12.0 Å². The fourth-order valence-corrected chi connectivity index (χ4v) is 5.43. The van der Waals surface area contributed by atoms with Crippen molar-refractivity contribution >= 4 is 27.0 Å². The number of carbonyl (C=O) groups is 1. The maximum absolute atomic E-state index is 13.3. The third-order valence-corrected chi connectivity index (χ3v) is 7.52. The number of sulfonamides is 1. The summed E-state index contributed by atoms with van der Waals surface area (Å²) in [5, 5.41) is 2.91. The Balaban J connectivity index is 1.64. The van der Waals surface area contributed by atoms with E-state index >= 15 is 0 Å². The van der Waals surface area contributed by atoms with E-state index in [-0.39, 0.29) is 16.8 Å². The summed E-state index contributed by atoms with van der Waals surface area (Å²) in [7, 11) is -3.80. The lowest BCUT2D eigenvalue weighted by Crippen LogP contribution is -2.48. The molecule has 2 atom stereocenters. The summed E-state index contributed by atoms with van der Waals surface area (Å²) in [5.74, 6) is 0.464. The van der Waals surface area contributed by atoms with E-state index in [1.807, 2.05) is 44.2 Å². The number of carbonyl (C=O) groups excluding carboxylic acids is 1. The topological polar surface area (TPSA) is 95.2 Å². The molecule has 1 aliphatic heterocycles. The zero-order chi connectivity index (χ0) is 21.3. The van der Waals surface area contributed by atoms with Crippen LogP contribution < -0.4 is 5.32 Å². The number of aromatic nitrogens is 2. The molecule has 0 aliphatic carbocycles. The van der Waals surface area contributed by atoms with Crippen molar-refractivity contribution in [3.63, 3.8) is 0 Å². The van der Waals surface area contributed by atoms with Gasteiger partial charge in [0.1, 0.15) is 11.9 Å². The van der Waals surface area contributed by atoms with Gasteiger partial charge < -0.3 is 10.3 Å². The molecule has 30 heavy (non-hydrogen) atoms. The predicted octanol–water partition coefficient (Wildman–Crippen LogP) is 3.30. The number of hydrogen-bond acceptors (Lipinski definition) is 4. The smallest absolute Gasteiger partial charge is 0.243 e. The summed E-state index contributed by atoms with van der Waals surface area (Å²) in [6, 6.07) is 13.9. The number of H-pyrrole nitrogens is 1. The molecule has 1 amide bonds. The largest absolute Gasteiger partial charge is 0.352 e. The van der Waals surface area contributed by atoms with Crippen LogP contribution in [0.5, 0.6) is 0 Å². The van der Waals surface area contributed by atoms with Gasteiger partial charge in [-0.05, 0) is 44.4 Å². The first-order chi connectivity index (χ1) is 14.4. The molecule has 0 saturated carbocycles. The van der Waals surface area contributed by atoms with Gasteiger partial charge in [0.2, 0.25) is 15.9 Å². The molecule has 0 spiro atoms. The second kappa shape index (κ2) is 8.20. The Labute approximate surface area is 176 Å². The van der Waals surface area contributed by atoms with Crippen molar-refractivity contribution in [2.75, 3.05) is 6.54 Å². The molecule has 7 nitrogen and oxygen atoms in total. The third kappa shape index (κ3) is 3.85. The molecule has 4 rings (SSSR count). The second-order valence-corrected chi connectivity index (χ2v) is 9.61. The van der Waals surface area contributed by atoms with Gasteiger partial charge in [0.05, 0.1) is 15.9 Å². The molecule has 1 fully saturated rings. The van der Waals surface area contributed by atoms with E-state index < -0.39 is 16.1 Å². The zero-order valence-electron chi connectivity index (χ0n) is 17.1. The van der Waals surface area contributed by atoms with E-state index in [1.54, 1.807) is 18.2 Å². The quantitative estimate of drug-likeness (QED) is 0.632. The molecular formula is C22H26N4O3S. The maximum atomic E-state index is 13.3. The fourth-order valence-electron chi connectivity index (χ4n) is 3.75. The van der Waals surface area contributed by atoms with Crippen molar-refractivity contribution < 1.29 is 13.2 Å². The van der Waals surface area contributed by atoms with E-state index in [9.17, 15) is 13.2 Å². The van der Waals surface area contributed by atoms with Gasteiger partial charge in [0.15, 0.2) is 0 Å². The molecule has 158 valence electrons. The van der Waals surface area contributed by atoms with Crippen LogP contribution in [0.1, 0.15) is 33.1 Å². The summed E-state index contributed by atoms with van der Waals surface area (Å²) < 4.78 is 28.0. The lowest BCUT2D eigenvalue weighted by molar-refractivity contribution is -0.124. The summed E-state index contributed by atoms with van der Waals surface area (Å²) in [6.45, 7) is 4.25. The lowest BCUT2D eigenvalue weighted by atomic mass is 10.2. The number of fused-ring (bicyclic) bond motifs is 1. The van der Waals surface area contributed by atoms with Crippen LogP contribution in [-0.4, -0.2) is 47.2 Å². The summed E-state index contributed by atoms with van der Waals surface area (Å²) in [4.78, 5) is 20.6. The van der Waals surface area contributed by atoms with Crippen molar-refractivity contribution in [3.05, 3.63) is 48.5 Å². The first-order valence-electron chi connectivity index (χ1n) is 10.3.